The Kier molecular flexibility index (Phi) is 4.47. The van der Waals surface area contributed by atoms with Crippen molar-refractivity contribution in [3.8, 4) is 11.1 Å². The number of hydrogen-bond acceptors (Lipinski definition) is 0. The van der Waals surface area contributed by atoms with Crippen LogP contribution in [0.25, 0.3) is 17.3 Å². The van der Waals surface area contributed by atoms with E-state index in [0.717, 1.165) is 35.6 Å². The Morgan fingerprint density at radius 3 is 2.64 bits per heavy atom. The van der Waals surface area contributed by atoms with Gasteiger partial charge in [0.1, 0.15) is 5.82 Å². The molecule has 2 aromatic rings. The molecule has 0 unspecified atom stereocenters. The van der Waals surface area contributed by atoms with Gasteiger partial charge in [-0.25, -0.2) is 4.39 Å². The topological polar surface area (TPSA) is 4.93 Å². The van der Waals surface area contributed by atoms with Crippen molar-refractivity contribution in [3.05, 3.63) is 54.1 Å². The lowest BCUT2D eigenvalue weighted by atomic mass is 9.96. The monoisotopic (exact) mass is 297 g/mol. The Hall–Kier alpha value is -1.83. The molecule has 1 heterocycles. The molecule has 0 saturated heterocycles. The van der Waals surface area contributed by atoms with Crippen LogP contribution in [0.1, 0.15) is 43.9 Å². The molecule has 3 rings (SSSR count). The number of aromatic nitrogens is 1. The van der Waals surface area contributed by atoms with E-state index in [-0.39, 0.29) is 5.82 Å². The molecule has 0 atom stereocenters. The summed E-state index contributed by atoms with van der Waals surface area (Å²) in [4.78, 5) is 0. The molecule has 0 N–H and O–H groups in total. The van der Waals surface area contributed by atoms with Gasteiger partial charge in [-0.15, -0.1) is 0 Å². The van der Waals surface area contributed by atoms with Crippen LogP contribution in [0.2, 0.25) is 0 Å². The average molecular weight is 297 g/mol. The van der Waals surface area contributed by atoms with E-state index >= 15 is 0 Å². The zero-order valence-corrected chi connectivity index (χ0v) is 13.3. The quantitative estimate of drug-likeness (QED) is 0.668. The molecule has 1 nitrogen and oxygen atoms in total. The molecule has 22 heavy (non-hydrogen) atoms. The summed E-state index contributed by atoms with van der Waals surface area (Å²) in [5.74, 6) is 0.637. The Bertz CT molecular complexity index is 662. The lowest BCUT2D eigenvalue weighted by Crippen LogP contribution is -1.99. The van der Waals surface area contributed by atoms with Crippen molar-refractivity contribution in [3.63, 3.8) is 0 Å². The third kappa shape index (κ3) is 3.01. The standard InChI is InChI=1S/C20H24FN/c1-3-18-13-17(14-22(18)4-2)19-10-9-16(12-20(19)21)11-15-7-5-6-8-15/h4,9-10,12-15H,2-3,5-8,11H2,1H3. The third-order valence-electron chi connectivity index (χ3n) is 4.83. The largest absolute Gasteiger partial charge is 0.328 e. The molecule has 0 bridgehead atoms. The van der Waals surface area contributed by atoms with Crippen molar-refractivity contribution < 1.29 is 4.39 Å². The highest BCUT2D eigenvalue weighted by atomic mass is 19.1. The summed E-state index contributed by atoms with van der Waals surface area (Å²) >= 11 is 0. The Morgan fingerprint density at radius 1 is 1.27 bits per heavy atom. The second-order valence-corrected chi connectivity index (χ2v) is 6.33. The van der Waals surface area contributed by atoms with E-state index in [1.807, 2.05) is 16.8 Å². The summed E-state index contributed by atoms with van der Waals surface area (Å²) in [5.41, 5.74) is 3.90. The van der Waals surface area contributed by atoms with Gasteiger partial charge in [0.25, 0.3) is 0 Å². The van der Waals surface area contributed by atoms with Crippen LogP contribution in [0.4, 0.5) is 4.39 Å². The van der Waals surface area contributed by atoms with E-state index in [4.69, 9.17) is 0 Å². The maximum atomic E-state index is 14.5. The van der Waals surface area contributed by atoms with Gasteiger partial charge in [0.05, 0.1) is 0 Å². The van der Waals surface area contributed by atoms with Crippen LogP contribution in [0.5, 0.6) is 0 Å². The van der Waals surface area contributed by atoms with Gasteiger partial charge >= 0.3 is 0 Å². The van der Waals surface area contributed by atoms with Gasteiger partial charge in [-0.1, -0.05) is 51.3 Å². The molecular weight excluding hydrogens is 273 g/mol. The summed E-state index contributed by atoms with van der Waals surface area (Å²) in [6, 6.07) is 7.80. The minimum Gasteiger partial charge on any atom is -0.328 e. The first-order valence-corrected chi connectivity index (χ1v) is 8.33. The number of benzene rings is 1. The lowest BCUT2D eigenvalue weighted by molar-refractivity contribution is 0.543. The summed E-state index contributed by atoms with van der Waals surface area (Å²) in [7, 11) is 0. The van der Waals surface area contributed by atoms with Gasteiger partial charge in [-0.2, -0.15) is 0 Å². The smallest absolute Gasteiger partial charge is 0.131 e. The molecule has 2 heteroatoms. The van der Waals surface area contributed by atoms with E-state index in [1.54, 1.807) is 12.3 Å². The number of hydrogen-bond donors (Lipinski definition) is 0. The molecule has 1 aromatic carbocycles. The van der Waals surface area contributed by atoms with E-state index in [9.17, 15) is 4.39 Å². The average Bonchev–Trinajstić information content (AvgIpc) is 3.16. The van der Waals surface area contributed by atoms with E-state index in [2.05, 4.69) is 25.6 Å². The molecule has 1 fully saturated rings. The van der Waals surface area contributed by atoms with Gasteiger partial charge in [0, 0.05) is 29.2 Å². The fourth-order valence-corrected chi connectivity index (χ4v) is 3.59. The van der Waals surface area contributed by atoms with Crippen LogP contribution in [0, 0.1) is 11.7 Å². The SMILES string of the molecule is C=Cn1cc(-c2ccc(CC3CCCC3)cc2F)cc1CC. The van der Waals surface area contributed by atoms with E-state index in [1.165, 1.54) is 25.7 Å². The van der Waals surface area contributed by atoms with Crippen molar-refractivity contribution in [2.75, 3.05) is 0 Å². The number of aryl methyl sites for hydroxylation is 1. The predicted molar refractivity (Wildman–Crippen MR) is 91.3 cm³/mol. The van der Waals surface area contributed by atoms with E-state index < -0.39 is 0 Å². The second kappa shape index (κ2) is 6.51. The molecule has 0 spiro atoms. The van der Waals surface area contributed by atoms with Gasteiger partial charge in [0.15, 0.2) is 0 Å². The number of nitrogens with zero attached hydrogens (tertiary/aromatic N) is 1. The van der Waals surface area contributed by atoms with Crippen LogP contribution in [-0.2, 0) is 12.8 Å². The maximum absolute atomic E-state index is 14.5. The minimum atomic E-state index is -0.112. The van der Waals surface area contributed by atoms with Crippen molar-refractivity contribution >= 4 is 6.20 Å². The number of rotatable bonds is 5. The molecule has 1 aliphatic rings. The molecule has 1 saturated carbocycles. The lowest BCUT2D eigenvalue weighted by Gasteiger charge is -2.10. The highest BCUT2D eigenvalue weighted by molar-refractivity contribution is 5.66. The van der Waals surface area contributed by atoms with Crippen molar-refractivity contribution in [1.82, 2.24) is 4.57 Å². The molecule has 116 valence electrons. The summed E-state index contributed by atoms with van der Waals surface area (Å²) in [6.07, 6.45) is 10.9. The first-order chi connectivity index (χ1) is 10.7. The van der Waals surface area contributed by atoms with Crippen LogP contribution >= 0.6 is 0 Å². The first-order valence-electron chi connectivity index (χ1n) is 8.33. The van der Waals surface area contributed by atoms with Crippen LogP contribution in [0.15, 0.2) is 37.0 Å². The summed E-state index contributed by atoms with van der Waals surface area (Å²) in [5, 5.41) is 0. The summed E-state index contributed by atoms with van der Waals surface area (Å²) in [6.45, 7) is 5.91. The van der Waals surface area contributed by atoms with Crippen LogP contribution < -0.4 is 0 Å². The number of halogens is 1. The van der Waals surface area contributed by atoms with Crippen molar-refractivity contribution in [2.24, 2.45) is 5.92 Å². The summed E-state index contributed by atoms with van der Waals surface area (Å²) < 4.78 is 16.5. The molecule has 0 radical (unpaired) electrons. The molecule has 0 aliphatic heterocycles. The molecule has 1 aliphatic carbocycles. The Labute approximate surface area is 132 Å². The zero-order valence-electron chi connectivity index (χ0n) is 13.3. The third-order valence-corrected chi connectivity index (χ3v) is 4.83. The van der Waals surface area contributed by atoms with E-state index in [0.29, 0.717) is 5.56 Å². The molecule has 1 aromatic heterocycles. The zero-order chi connectivity index (χ0) is 15.5. The Morgan fingerprint density at radius 2 is 2.05 bits per heavy atom. The second-order valence-electron chi connectivity index (χ2n) is 6.33. The van der Waals surface area contributed by atoms with Gasteiger partial charge < -0.3 is 4.57 Å². The highest BCUT2D eigenvalue weighted by Crippen LogP contribution is 2.30. The van der Waals surface area contributed by atoms with Crippen LogP contribution in [0.3, 0.4) is 0 Å². The van der Waals surface area contributed by atoms with Gasteiger partial charge in [0.2, 0.25) is 0 Å². The highest BCUT2D eigenvalue weighted by Gasteiger charge is 2.16. The predicted octanol–water partition coefficient (Wildman–Crippen LogP) is 5.69. The fourth-order valence-electron chi connectivity index (χ4n) is 3.59. The molecule has 0 amide bonds. The molecular formula is C20H24FN. The Balaban J connectivity index is 1.85. The van der Waals surface area contributed by atoms with Crippen molar-refractivity contribution in [2.45, 2.75) is 45.4 Å². The minimum absolute atomic E-state index is 0.112. The first kappa shape index (κ1) is 15.1. The fraction of sp³-hybridized carbons (Fsp3) is 0.400. The van der Waals surface area contributed by atoms with Crippen LogP contribution in [-0.4, -0.2) is 4.57 Å². The van der Waals surface area contributed by atoms with Crippen molar-refractivity contribution in [1.29, 1.82) is 0 Å². The maximum Gasteiger partial charge on any atom is 0.131 e. The van der Waals surface area contributed by atoms with Gasteiger partial charge in [-0.05, 0) is 36.5 Å². The normalized spacial score (nSPS) is 15.4. The van der Waals surface area contributed by atoms with Gasteiger partial charge in [-0.3, -0.25) is 0 Å².